The molecule has 2 rings (SSSR count). The molecule has 0 spiro atoms. The van der Waals surface area contributed by atoms with Crippen LogP contribution in [0.1, 0.15) is 19.8 Å². The van der Waals surface area contributed by atoms with Crippen LogP contribution in [-0.2, 0) is 9.53 Å². The van der Waals surface area contributed by atoms with Crippen molar-refractivity contribution in [2.75, 3.05) is 30.0 Å². The summed E-state index contributed by atoms with van der Waals surface area (Å²) >= 11 is 0. The lowest BCUT2D eigenvalue weighted by Crippen LogP contribution is -2.37. The Balaban J connectivity index is 2.16. The number of anilines is 2. The molecule has 1 aromatic carbocycles. The molecule has 1 aliphatic rings. The Morgan fingerprint density at radius 1 is 1.54 bits per heavy atom. The lowest BCUT2D eigenvalue weighted by molar-refractivity contribution is -0.148. The van der Waals surface area contributed by atoms with E-state index in [1.165, 1.54) is 6.07 Å². The second-order valence-corrected chi connectivity index (χ2v) is 5.75. The zero-order chi connectivity index (χ0) is 19.1. The second kappa shape index (κ2) is 8.80. The number of nitrogens with zero attached hydrogens (tertiary/aromatic N) is 3. The number of piperidine rings is 1. The molecule has 4 N–H and O–H groups in total. The molecule has 0 aromatic heterocycles. The first kappa shape index (κ1) is 19.2. The van der Waals surface area contributed by atoms with Crippen LogP contribution in [-0.4, -0.2) is 37.2 Å². The molecule has 0 bridgehead atoms. The highest BCUT2D eigenvalue weighted by molar-refractivity contribution is 6.45. The predicted octanol–water partition coefficient (Wildman–Crippen LogP) is 1.83. The molecule has 1 aliphatic heterocycles. The number of halogens is 1. The van der Waals surface area contributed by atoms with Gasteiger partial charge in [0.25, 0.3) is 0 Å². The number of amidine groups is 1. The number of benzene rings is 1. The van der Waals surface area contributed by atoms with Crippen LogP contribution in [0, 0.1) is 28.5 Å². The summed E-state index contributed by atoms with van der Waals surface area (Å²) in [5.41, 5.74) is 8.07. The summed E-state index contributed by atoms with van der Waals surface area (Å²) in [5, 5.41) is 19.9. The summed E-state index contributed by atoms with van der Waals surface area (Å²) in [6.07, 6.45) is 1.21. The van der Waals surface area contributed by atoms with Crippen molar-refractivity contribution in [1.29, 1.82) is 10.7 Å². The number of hydrogen-bond donors (Lipinski definition) is 3. The molecular formula is C17H21FN6O2. The van der Waals surface area contributed by atoms with E-state index in [1.54, 1.807) is 25.1 Å². The third kappa shape index (κ3) is 4.47. The molecule has 0 atom stereocenters. The van der Waals surface area contributed by atoms with Crippen LogP contribution in [0.5, 0.6) is 0 Å². The van der Waals surface area contributed by atoms with Gasteiger partial charge in [0.15, 0.2) is 5.84 Å². The van der Waals surface area contributed by atoms with Crippen molar-refractivity contribution in [3.05, 3.63) is 24.0 Å². The Kier molecular flexibility index (Phi) is 6.49. The standard InChI is InChI=1S/C17H21FN6O2/c1-2-26-17(25)11-6-8-24(9-7-11)14-5-3-4-12(18)15(14)23-22-13(10-19)16(20)21/h3-5,11,23H,2,6-9H2,1H3,(H3,20,21)/b22-13+. The normalized spacial score (nSPS) is 15.3. The van der Waals surface area contributed by atoms with Crippen molar-refractivity contribution >= 4 is 28.9 Å². The van der Waals surface area contributed by atoms with Crippen molar-refractivity contribution in [2.24, 2.45) is 16.8 Å². The van der Waals surface area contributed by atoms with Gasteiger partial charge < -0.3 is 15.4 Å². The van der Waals surface area contributed by atoms with Gasteiger partial charge in [0, 0.05) is 13.1 Å². The zero-order valence-corrected chi connectivity index (χ0v) is 14.5. The molecule has 1 fully saturated rings. The Hall–Kier alpha value is -3.15. The summed E-state index contributed by atoms with van der Waals surface area (Å²) < 4.78 is 19.3. The largest absolute Gasteiger partial charge is 0.466 e. The van der Waals surface area contributed by atoms with Gasteiger partial charge in [-0.3, -0.25) is 15.6 Å². The van der Waals surface area contributed by atoms with Gasteiger partial charge in [-0.2, -0.15) is 10.4 Å². The van der Waals surface area contributed by atoms with Crippen LogP contribution >= 0.6 is 0 Å². The maximum absolute atomic E-state index is 14.3. The molecule has 0 amide bonds. The Morgan fingerprint density at radius 2 is 2.23 bits per heavy atom. The fourth-order valence-electron chi connectivity index (χ4n) is 2.76. The maximum atomic E-state index is 14.3. The Labute approximate surface area is 150 Å². The number of nitrogens with two attached hydrogens (primary N) is 1. The molecule has 0 radical (unpaired) electrons. The third-order valence-corrected chi connectivity index (χ3v) is 4.09. The number of ether oxygens (including phenoxy) is 1. The molecule has 0 saturated carbocycles. The average molecular weight is 360 g/mol. The molecule has 9 heteroatoms. The van der Waals surface area contributed by atoms with Gasteiger partial charge in [-0.1, -0.05) is 6.07 Å². The van der Waals surface area contributed by atoms with Crippen LogP contribution in [0.4, 0.5) is 15.8 Å². The number of nitriles is 1. The van der Waals surface area contributed by atoms with Gasteiger partial charge in [-0.15, -0.1) is 0 Å². The molecule has 0 aliphatic carbocycles. The molecule has 26 heavy (non-hydrogen) atoms. The van der Waals surface area contributed by atoms with Gasteiger partial charge in [0.2, 0.25) is 5.71 Å². The molecule has 8 nitrogen and oxygen atoms in total. The maximum Gasteiger partial charge on any atom is 0.309 e. The highest BCUT2D eigenvalue weighted by atomic mass is 19.1. The Bertz CT molecular complexity index is 750. The van der Waals surface area contributed by atoms with Crippen LogP contribution < -0.4 is 16.1 Å². The van der Waals surface area contributed by atoms with E-state index in [2.05, 4.69) is 10.5 Å². The van der Waals surface area contributed by atoms with E-state index in [1.807, 2.05) is 4.90 Å². The molecular weight excluding hydrogens is 339 g/mol. The topological polar surface area (TPSA) is 128 Å². The van der Waals surface area contributed by atoms with Gasteiger partial charge in [-0.25, -0.2) is 4.39 Å². The van der Waals surface area contributed by atoms with Crippen LogP contribution in [0.15, 0.2) is 23.3 Å². The van der Waals surface area contributed by atoms with E-state index in [4.69, 9.17) is 21.1 Å². The van der Waals surface area contributed by atoms with E-state index < -0.39 is 11.7 Å². The monoisotopic (exact) mass is 360 g/mol. The summed E-state index contributed by atoms with van der Waals surface area (Å²) in [7, 11) is 0. The number of nitrogens with one attached hydrogen (secondary N) is 2. The van der Waals surface area contributed by atoms with Crippen LogP contribution in [0.2, 0.25) is 0 Å². The molecule has 0 unspecified atom stereocenters. The number of esters is 1. The first-order valence-electron chi connectivity index (χ1n) is 8.26. The first-order chi connectivity index (χ1) is 12.5. The summed E-state index contributed by atoms with van der Waals surface area (Å²) in [6.45, 7) is 3.24. The van der Waals surface area contributed by atoms with Crippen molar-refractivity contribution in [2.45, 2.75) is 19.8 Å². The number of rotatable bonds is 6. The van der Waals surface area contributed by atoms with Crippen LogP contribution in [0.25, 0.3) is 0 Å². The van der Waals surface area contributed by atoms with E-state index >= 15 is 0 Å². The van der Waals surface area contributed by atoms with E-state index in [-0.39, 0.29) is 23.3 Å². The van der Waals surface area contributed by atoms with E-state index in [9.17, 15) is 9.18 Å². The fraction of sp³-hybridized carbons (Fsp3) is 0.412. The minimum Gasteiger partial charge on any atom is -0.466 e. The Morgan fingerprint density at radius 3 is 2.81 bits per heavy atom. The second-order valence-electron chi connectivity index (χ2n) is 5.75. The number of hydrazone groups is 1. The van der Waals surface area contributed by atoms with Crippen LogP contribution in [0.3, 0.4) is 0 Å². The SMILES string of the molecule is CCOC(=O)C1CCN(c2cccc(F)c2N/N=C(\C#N)C(=N)N)CC1. The lowest BCUT2D eigenvalue weighted by atomic mass is 9.96. The summed E-state index contributed by atoms with van der Waals surface area (Å²) in [4.78, 5) is 13.8. The molecule has 1 saturated heterocycles. The van der Waals surface area contributed by atoms with Crippen molar-refractivity contribution in [1.82, 2.24) is 0 Å². The third-order valence-electron chi connectivity index (χ3n) is 4.09. The number of hydrogen-bond acceptors (Lipinski definition) is 7. The van der Waals surface area contributed by atoms with Gasteiger partial charge in [0.05, 0.1) is 18.2 Å². The minimum absolute atomic E-state index is 0.0936. The number of para-hydroxylation sites is 1. The molecule has 138 valence electrons. The summed E-state index contributed by atoms with van der Waals surface area (Å²) in [5.74, 6) is -1.40. The van der Waals surface area contributed by atoms with E-state index in [0.29, 0.717) is 38.2 Å². The highest BCUT2D eigenvalue weighted by Gasteiger charge is 2.27. The van der Waals surface area contributed by atoms with E-state index in [0.717, 1.165) is 0 Å². The van der Waals surface area contributed by atoms with Gasteiger partial charge >= 0.3 is 5.97 Å². The quantitative estimate of drug-likeness (QED) is 0.307. The minimum atomic E-state index is -0.542. The average Bonchev–Trinajstić information content (AvgIpc) is 2.63. The number of carbonyl (C=O) groups is 1. The zero-order valence-electron chi connectivity index (χ0n) is 14.5. The fourth-order valence-corrected chi connectivity index (χ4v) is 2.76. The molecule has 1 heterocycles. The van der Waals surface area contributed by atoms with Gasteiger partial charge in [-0.05, 0) is 31.9 Å². The van der Waals surface area contributed by atoms with Crippen molar-refractivity contribution < 1.29 is 13.9 Å². The first-order valence-corrected chi connectivity index (χ1v) is 8.26. The highest BCUT2D eigenvalue weighted by Crippen LogP contribution is 2.32. The van der Waals surface area contributed by atoms with Crippen molar-refractivity contribution in [3.8, 4) is 6.07 Å². The number of carbonyl (C=O) groups excluding carboxylic acids is 1. The summed E-state index contributed by atoms with van der Waals surface area (Å²) in [6, 6.07) is 6.25. The predicted molar refractivity (Wildman–Crippen MR) is 96.6 cm³/mol. The van der Waals surface area contributed by atoms with Crippen molar-refractivity contribution in [3.63, 3.8) is 0 Å². The smallest absolute Gasteiger partial charge is 0.309 e. The lowest BCUT2D eigenvalue weighted by Gasteiger charge is -2.33. The molecule has 1 aromatic rings. The van der Waals surface area contributed by atoms with Gasteiger partial charge in [0.1, 0.15) is 17.6 Å².